The number of fused-ring (bicyclic) bond motifs is 1. The quantitative estimate of drug-likeness (QED) is 0.658. The molecule has 0 spiro atoms. The molecule has 2 aromatic carbocycles. The zero-order chi connectivity index (χ0) is 23.3. The van der Waals surface area contributed by atoms with Crippen LogP contribution in [0, 0.1) is 6.92 Å². The minimum absolute atomic E-state index is 0.00789. The number of hydrogen-bond acceptors (Lipinski definition) is 5. The van der Waals surface area contributed by atoms with Gasteiger partial charge in [-0.1, -0.05) is 6.07 Å². The van der Waals surface area contributed by atoms with Crippen LogP contribution in [0.25, 0.3) is 0 Å². The van der Waals surface area contributed by atoms with Crippen molar-refractivity contribution in [1.82, 2.24) is 4.31 Å². The molecule has 0 aliphatic carbocycles. The van der Waals surface area contributed by atoms with Gasteiger partial charge in [-0.2, -0.15) is 17.5 Å². The van der Waals surface area contributed by atoms with Gasteiger partial charge in [0.15, 0.2) is 0 Å². The minimum Gasteiger partial charge on any atom is -0.379 e. The Kier molecular flexibility index (Phi) is 5.76. The molecule has 1 saturated heterocycles. The number of benzene rings is 2. The Balaban J connectivity index is 1.68. The highest BCUT2D eigenvalue weighted by Crippen LogP contribution is 2.37. The molecule has 12 heteroatoms. The first-order chi connectivity index (χ1) is 14.9. The number of morpholine rings is 1. The molecule has 32 heavy (non-hydrogen) atoms. The second kappa shape index (κ2) is 8.01. The predicted octanol–water partition coefficient (Wildman–Crippen LogP) is 2.79. The average Bonchev–Trinajstić information content (AvgIpc) is 3.18. The first-order valence-corrected chi connectivity index (χ1v) is 12.7. The molecular weight excluding hydrogens is 469 g/mol. The van der Waals surface area contributed by atoms with Crippen molar-refractivity contribution in [2.75, 3.05) is 37.2 Å². The maximum absolute atomic E-state index is 13.3. The third-order valence-corrected chi connectivity index (χ3v) is 9.32. The highest BCUT2D eigenvalue weighted by Gasteiger charge is 2.37. The van der Waals surface area contributed by atoms with E-state index in [2.05, 4.69) is 0 Å². The van der Waals surface area contributed by atoms with Crippen molar-refractivity contribution in [2.24, 2.45) is 0 Å². The molecule has 0 unspecified atom stereocenters. The number of rotatable bonds is 4. The highest BCUT2D eigenvalue weighted by molar-refractivity contribution is 7.92. The van der Waals surface area contributed by atoms with Crippen molar-refractivity contribution in [1.29, 1.82) is 0 Å². The van der Waals surface area contributed by atoms with Gasteiger partial charge in [-0.3, -0.25) is 4.31 Å². The second-order valence-electron chi connectivity index (χ2n) is 7.61. The van der Waals surface area contributed by atoms with Crippen molar-refractivity contribution < 1.29 is 34.7 Å². The molecule has 0 atom stereocenters. The van der Waals surface area contributed by atoms with Crippen molar-refractivity contribution >= 4 is 25.7 Å². The molecule has 2 aliphatic rings. The van der Waals surface area contributed by atoms with Crippen LogP contribution in [-0.2, 0) is 37.4 Å². The molecule has 4 rings (SSSR count). The van der Waals surface area contributed by atoms with Gasteiger partial charge in [0.25, 0.3) is 10.0 Å². The predicted molar refractivity (Wildman–Crippen MR) is 110 cm³/mol. The highest BCUT2D eigenvalue weighted by atomic mass is 32.2. The van der Waals surface area contributed by atoms with E-state index >= 15 is 0 Å². The Bertz CT molecular complexity index is 1250. The molecule has 2 heterocycles. The summed E-state index contributed by atoms with van der Waals surface area (Å²) in [6.07, 6.45) is -4.43. The lowest BCUT2D eigenvalue weighted by Crippen LogP contribution is -2.40. The summed E-state index contributed by atoms with van der Waals surface area (Å²) >= 11 is 0. The van der Waals surface area contributed by atoms with Crippen molar-refractivity contribution in [2.45, 2.75) is 29.3 Å². The van der Waals surface area contributed by atoms with E-state index in [4.69, 9.17) is 4.74 Å². The van der Waals surface area contributed by atoms with Crippen molar-refractivity contribution in [3.05, 3.63) is 53.1 Å². The number of nitrogens with zero attached hydrogens (tertiary/aromatic N) is 2. The SMILES string of the molecule is Cc1ccc(S(=O)(=O)N2CCc3cc(S(=O)(=O)N4CCOCC4)ccc32)cc1C(F)(F)F. The number of aryl methyl sites for hydroxylation is 1. The van der Waals surface area contributed by atoms with Crippen LogP contribution in [0.15, 0.2) is 46.2 Å². The van der Waals surface area contributed by atoms with Crippen LogP contribution in [0.4, 0.5) is 18.9 Å². The minimum atomic E-state index is -4.68. The average molecular weight is 491 g/mol. The molecule has 2 aliphatic heterocycles. The van der Waals surface area contributed by atoms with Gasteiger partial charge in [0.05, 0.1) is 34.3 Å². The van der Waals surface area contributed by atoms with Gasteiger partial charge in [0.1, 0.15) is 0 Å². The summed E-state index contributed by atoms with van der Waals surface area (Å²) in [6, 6.07) is 7.07. The molecule has 0 bridgehead atoms. The van der Waals surface area contributed by atoms with Crippen molar-refractivity contribution in [3.63, 3.8) is 0 Å². The number of ether oxygens (including phenoxy) is 1. The van der Waals surface area contributed by atoms with E-state index in [0.29, 0.717) is 24.8 Å². The topological polar surface area (TPSA) is 84.0 Å². The van der Waals surface area contributed by atoms with Crippen LogP contribution in [0.1, 0.15) is 16.7 Å². The molecule has 7 nitrogen and oxygen atoms in total. The molecular formula is C20H21F3N2O5S2. The summed E-state index contributed by atoms with van der Waals surface area (Å²) < 4.78 is 99.4. The first kappa shape index (κ1) is 23.0. The van der Waals surface area contributed by atoms with Crippen LogP contribution in [0.3, 0.4) is 0 Å². The summed E-state index contributed by atoms with van der Waals surface area (Å²) in [7, 11) is -8.02. The Morgan fingerprint density at radius 2 is 1.50 bits per heavy atom. The Hall–Kier alpha value is -2.15. The summed E-state index contributed by atoms with van der Waals surface area (Å²) in [5, 5.41) is 0. The summed E-state index contributed by atoms with van der Waals surface area (Å²) in [4.78, 5) is -0.416. The van der Waals surface area contributed by atoms with Gasteiger partial charge in [-0.25, -0.2) is 16.8 Å². The number of sulfonamides is 2. The number of anilines is 1. The van der Waals surface area contributed by atoms with Crippen LogP contribution in [0.5, 0.6) is 0 Å². The van der Waals surface area contributed by atoms with E-state index in [9.17, 15) is 30.0 Å². The summed E-state index contributed by atoms with van der Waals surface area (Å²) in [6.45, 7) is 2.33. The standard InChI is InChI=1S/C20H21F3N2O5S2/c1-14-2-3-17(13-18(14)20(21,22)23)32(28,29)25-7-6-15-12-16(4-5-19(15)25)31(26,27)24-8-10-30-11-9-24/h2-5,12-13H,6-11H2,1H3. The van der Waals surface area contributed by atoms with Crippen LogP contribution < -0.4 is 4.31 Å². The molecule has 174 valence electrons. The molecule has 1 fully saturated rings. The van der Waals surface area contributed by atoms with Crippen LogP contribution >= 0.6 is 0 Å². The lowest BCUT2D eigenvalue weighted by Gasteiger charge is -2.26. The maximum atomic E-state index is 13.3. The van der Waals surface area contributed by atoms with Gasteiger partial charge in [-0.15, -0.1) is 0 Å². The maximum Gasteiger partial charge on any atom is 0.416 e. The normalized spacial score (nSPS) is 18.1. The van der Waals surface area contributed by atoms with Gasteiger partial charge in [-0.05, 0) is 54.8 Å². The molecule has 0 aromatic heterocycles. The Morgan fingerprint density at radius 1 is 0.875 bits per heavy atom. The Labute approximate surface area is 184 Å². The second-order valence-corrected chi connectivity index (χ2v) is 11.4. The first-order valence-electron chi connectivity index (χ1n) is 9.84. The van der Waals surface area contributed by atoms with E-state index in [0.717, 1.165) is 16.4 Å². The molecule has 0 saturated carbocycles. The fraction of sp³-hybridized carbons (Fsp3) is 0.400. The fourth-order valence-corrected chi connectivity index (χ4v) is 6.88. The monoisotopic (exact) mass is 490 g/mol. The molecule has 0 radical (unpaired) electrons. The van der Waals surface area contributed by atoms with E-state index in [1.165, 1.54) is 29.4 Å². The van der Waals surface area contributed by atoms with Crippen LogP contribution in [0.2, 0.25) is 0 Å². The Morgan fingerprint density at radius 3 is 2.16 bits per heavy atom. The lowest BCUT2D eigenvalue weighted by atomic mass is 10.1. The number of hydrogen-bond donors (Lipinski definition) is 0. The zero-order valence-electron chi connectivity index (χ0n) is 17.1. The van der Waals surface area contributed by atoms with Crippen molar-refractivity contribution in [3.8, 4) is 0 Å². The third kappa shape index (κ3) is 4.00. The zero-order valence-corrected chi connectivity index (χ0v) is 18.7. The summed E-state index contributed by atoms with van der Waals surface area (Å²) in [5.41, 5.74) is -0.313. The van der Waals surface area contributed by atoms with Gasteiger partial charge < -0.3 is 4.74 Å². The molecule has 2 aromatic rings. The summed E-state index contributed by atoms with van der Waals surface area (Å²) in [5.74, 6) is 0. The lowest BCUT2D eigenvalue weighted by molar-refractivity contribution is -0.138. The number of alkyl halides is 3. The van der Waals surface area contributed by atoms with E-state index in [1.54, 1.807) is 0 Å². The number of halogens is 3. The smallest absolute Gasteiger partial charge is 0.379 e. The van der Waals surface area contributed by atoms with Gasteiger partial charge in [0, 0.05) is 19.6 Å². The van der Waals surface area contributed by atoms with Gasteiger partial charge in [0.2, 0.25) is 10.0 Å². The largest absolute Gasteiger partial charge is 0.416 e. The van der Waals surface area contributed by atoms with E-state index in [-0.39, 0.29) is 42.2 Å². The van der Waals surface area contributed by atoms with E-state index < -0.39 is 36.7 Å². The molecule has 0 amide bonds. The molecule has 0 N–H and O–H groups in total. The third-order valence-electron chi connectivity index (χ3n) is 5.61. The van der Waals surface area contributed by atoms with E-state index in [1.807, 2.05) is 0 Å². The van der Waals surface area contributed by atoms with Crippen LogP contribution in [-0.4, -0.2) is 54.0 Å². The fourth-order valence-electron chi connectivity index (χ4n) is 3.89. The van der Waals surface area contributed by atoms with Gasteiger partial charge >= 0.3 is 6.18 Å².